The van der Waals surface area contributed by atoms with E-state index in [4.69, 9.17) is 5.21 Å². The molecule has 0 aliphatic heterocycles. The molecule has 0 fully saturated rings. The van der Waals surface area contributed by atoms with Crippen LogP contribution in [-0.2, 0) is 0 Å². The summed E-state index contributed by atoms with van der Waals surface area (Å²) in [7, 11) is 3.88. The highest BCUT2D eigenvalue weighted by atomic mass is 16.4. The van der Waals surface area contributed by atoms with Crippen molar-refractivity contribution in [3.8, 4) is 0 Å². The smallest absolute Gasteiger partial charge is 0.101 e. The summed E-state index contributed by atoms with van der Waals surface area (Å²) in [6.45, 7) is 0.639. The fraction of sp³-hybridized carbons (Fsp3) is 0.300. The Morgan fingerprint density at radius 3 is 2.38 bits per heavy atom. The zero-order valence-corrected chi connectivity index (χ0v) is 7.94. The van der Waals surface area contributed by atoms with Crippen LogP contribution in [0.3, 0.4) is 0 Å². The topological polar surface area (TPSA) is 35.8 Å². The maximum atomic E-state index is 8.79. The van der Waals surface area contributed by atoms with Crippen molar-refractivity contribution in [2.45, 2.75) is 0 Å². The van der Waals surface area contributed by atoms with E-state index in [0.717, 1.165) is 5.56 Å². The molecule has 1 rings (SSSR count). The summed E-state index contributed by atoms with van der Waals surface area (Å²) in [4.78, 5) is 1.96. The zero-order valence-electron chi connectivity index (χ0n) is 7.94. The van der Waals surface area contributed by atoms with Crippen LogP contribution in [0, 0.1) is 0 Å². The first-order valence-electron chi connectivity index (χ1n) is 4.15. The van der Waals surface area contributed by atoms with E-state index < -0.39 is 0 Å². The molecule has 0 radical (unpaired) electrons. The molecule has 13 heavy (non-hydrogen) atoms. The molecule has 1 aromatic rings. The van der Waals surface area contributed by atoms with Crippen molar-refractivity contribution in [3.05, 3.63) is 35.9 Å². The molecule has 0 bridgehead atoms. The van der Waals surface area contributed by atoms with Crippen LogP contribution in [-0.4, -0.2) is 36.5 Å². The highest BCUT2D eigenvalue weighted by Crippen LogP contribution is 2.01. The van der Waals surface area contributed by atoms with E-state index >= 15 is 0 Å². The lowest BCUT2D eigenvalue weighted by Crippen LogP contribution is -2.22. The summed E-state index contributed by atoms with van der Waals surface area (Å²) in [5.41, 5.74) is 1.64. The van der Waals surface area contributed by atoms with E-state index in [9.17, 15) is 0 Å². The van der Waals surface area contributed by atoms with E-state index in [1.54, 1.807) is 0 Å². The van der Waals surface area contributed by atoms with E-state index in [1.807, 2.05) is 49.3 Å². The highest BCUT2D eigenvalue weighted by molar-refractivity contribution is 6.01. The minimum Gasteiger partial charge on any atom is -0.411 e. The number of hydrogen-bond donors (Lipinski definition) is 1. The van der Waals surface area contributed by atoms with Crippen LogP contribution < -0.4 is 0 Å². The van der Waals surface area contributed by atoms with Gasteiger partial charge in [0.2, 0.25) is 0 Å². The number of benzene rings is 1. The second-order valence-electron chi connectivity index (χ2n) is 3.15. The van der Waals surface area contributed by atoms with Crippen molar-refractivity contribution in [1.29, 1.82) is 0 Å². The standard InChI is InChI=1S/C10H14N2O/c1-12(2)8-10(11-13)9-6-4-3-5-7-9/h3-7,13H,8H2,1-2H3/b11-10-. The average Bonchev–Trinajstić information content (AvgIpc) is 2.15. The molecule has 0 amide bonds. The molecule has 0 heterocycles. The minimum absolute atomic E-state index is 0.639. The molecule has 0 saturated heterocycles. The zero-order chi connectivity index (χ0) is 9.68. The average molecular weight is 178 g/mol. The second-order valence-corrected chi connectivity index (χ2v) is 3.15. The second kappa shape index (κ2) is 4.62. The van der Waals surface area contributed by atoms with Gasteiger partial charge in [-0.2, -0.15) is 0 Å². The number of nitrogens with zero attached hydrogens (tertiary/aromatic N) is 2. The number of hydrogen-bond acceptors (Lipinski definition) is 3. The van der Waals surface area contributed by atoms with Gasteiger partial charge in [-0.05, 0) is 14.1 Å². The molecule has 0 aromatic heterocycles. The van der Waals surface area contributed by atoms with Crippen LogP contribution in [0.15, 0.2) is 35.5 Å². The van der Waals surface area contributed by atoms with Gasteiger partial charge in [-0.3, -0.25) is 0 Å². The molecule has 0 saturated carbocycles. The molecule has 0 unspecified atom stereocenters. The number of oxime groups is 1. The van der Waals surface area contributed by atoms with Crippen molar-refractivity contribution in [2.24, 2.45) is 5.16 Å². The third kappa shape index (κ3) is 2.87. The van der Waals surface area contributed by atoms with Gasteiger partial charge < -0.3 is 10.1 Å². The first-order chi connectivity index (χ1) is 6.24. The van der Waals surface area contributed by atoms with Crippen molar-refractivity contribution in [2.75, 3.05) is 20.6 Å². The maximum absolute atomic E-state index is 8.79. The predicted octanol–water partition coefficient (Wildman–Crippen LogP) is 1.43. The lowest BCUT2D eigenvalue weighted by atomic mass is 10.1. The lowest BCUT2D eigenvalue weighted by Gasteiger charge is -2.10. The Hall–Kier alpha value is -1.35. The van der Waals surface area contributed by atoms with Crippen molar-refractivity contribution in [1.82, 2.24) is 4.90 Å². The minimum atomic E-state index is 0.639. The summed E-state index contributed by atoms with van der Waals surface area (Å²) in [6, 6.07) is 9.65. The van der Waals surface area contributed by atoms with Gasteiger partial charge in [0.05, 0.1) is 0 Å². The summed E-state index contributed by atoms with van der Waals surface area (Å²) < 4.78 is 0. The fourth-order valence-corrected chi connectivity index (χ4v) is 1.11. The lowest BCUT2D eigenvalue weighted by molar-refractivity contribution is 0.315. The molecule has 1 N–H and O–H groups in total. The molecule has 3 nitrogen and oxygen atoms in total. The van der Waals surface area contributed by atoms with Crippen LogP contribution in [0.4, 0.5) is 0 Å². The van der Waals surface area contributed by atoms with E-state index in [0.29, 0.717) is 12.3 Å². The third-order valence-corrected chi connectivity index (χ3v) is 1.69. The number of rotatable bonds is 3. The predicted molar refractivity (Wildman–Crippen MR) is 53.3 cm³/mol. The van der Waals surface area contributed by atoms with Gasteiger partial charge in [-0.15, -0.1) is 0 Å². The van der Waals surface area contributed by atoms with Gasteiger partial charge in [0.25, 0.3) is 0 Å². The summed E-state index contributed by atoms with van der Waals surface area (Å²) in [5.74, 6) is 0. The summed E-state index contributed by atoms with van der Waals surface area (Å²) in [6.07, 6.45) is 0. The Bertz CT molecular complexity index is 280. The first-order valence-corrected chi connectivity index (χ1v) is 4.15. The van der Waals surface area contributed by atoms with Gasteiger partial charge in [0.15, 0.2) is 0 Å². The van der Waals surface area contributed by atoms with Crippen LogP contribution in [0.5, 0.6) is 0 Å². The normalized spacial score (nSPS) is 12.1. The van der Waals surface area contributed by atoms with Crippen LogP contribution >= 0.6 is 0 Å². The monoisotopic (exact) mass is 178 g/mol. The van der Waals surface area contributed by atoms with E-state index in [-0.39, 0.29) is 0 Å². The quantitative estimate of drug-likeness (QED) is 0.432. The van der Waals surface area contributed by atoms with Gasteiger partial charge >= 0.3 is 0 Å². The van der Waals surface area contributed by atoms with Gasteiger partial charge in [-0.1, -0.05) is 35.5 Å². The van der Waals surface area contributed by atoms with Crippen LogP contribution in [0.1, 0.15) is 5.56 Å². The Balaban J connectivity index is 2.80. The molecule has 0 spiro atoms. The van der Waals surface area contributed by atoms with E-state index in [1.165, 1.54) is 0 Å². The number of likely N-dealkylation sites (N-methyl/N-ethyl adjacent to an activating group) is 1. The Morgan fingerprint density at radius 1 is 1.31 bits per heavy atom. The third-order valence-electron chi connectivity index (χ3n) is 1.69. The van der Waals surface area contributed by atoms with Gasteiger partial charge in [0, 0.05) is 12.1 Å². The fourth-order valence-electron chi connectivity index (χ4n) is 1.11. The van der Waals surface area contributed by atoms with E-state index in [2.05, 4.69) is 5.16 Å². The Labute approximate surface area is 78.3 Å². The molecule has 1 aromatic carbocycles. The van der Waals surface area contributed by atoms with Crippen LogP contribution in [0.25, 0.3) is 0 Å². The molecule has 70 valence electrons. The van der Waals surface area contributed by atoms with Crippen molar-refractivity contribution in [3.63, 3.8) is 0 Å². The van der Waals surface area contributed by atoms with Gasteiger partial charge in [0.1, 0.15) is 5.71 Å². The summed E-state index contributed by atoms with van der Waals surface area (Å²) in [5, 5.41) is 12.1. The maximum Gasteiger partial charge on any atom is 0.101 e. The van der Waals surface area contributed by atoms with Crippen molar-refractivity contribution >= 4 is 5.71 Å². The molecule has 3 heteroatoms. The first kappa shape index (κ1) is 9.74. The largest absolute Gasteiger partial charge is 0.411 e. The Morgan fingerprint density at radius 2 is 1.92 bits per heavy atom. The van der Waals surface area contributed by atoms with Crippen LogP contribution in [0.2, 0.25) is 0 Å². The molecule has 0 aliphatic carbocycles. The SMILES string of the molecule is CN(C)C/C(=N/O)c1ccccc1. The Kier molecular flexibility index (Phi) is 3.46. The summed E-state index contributed by atoms with van der Waals surface area (Å²) >= 11 is 0. The van der Waals surface area contributed by atoms with Crippen molar-refractivity contribution < 1.29 is 5.21 Å². The van der Waals surface area contributed by atoms with Gasteiger partial charge in [-0.25, -0.2) is 0 Å². The molecular formula is C10H14N2O. The molecule has 0 aliphatic rings. The molecule has 0 atom stereocenters. The highest BCUT2D eigenvalue weighted by Gasteiger charge is 2.03. The molecular weight excluding hydrogens is 164 g/mol.